The fourth-order valence-electron chi connectivity index (χ4n) is 0.822. The second kappa shape index (κ2) is 4.74. The molecule has 0 aliphatic carbocycles. The minimum Gasteiger partial charge on any atom is -0.474 e. The predicted octanol–water partition coefficient (Wildman–Crippen LogP) is 2.31. The molecule has 2 N–H and O–H groups in total. The molecule has 0 atom stereocenters. The molecule has 0 saturated carbocycles. The van der Waals surface area contributed by atoms with E-state index in [4.69, 9.17) is 28.3 Å². The maximum atomic E-state index is 10.8. The number of rotatable bonds is 1. The summed E-state index contributed by atoms with van der Waals surface area (Å²) >= 11 is 15.4. The van der Waals surface area contributed by atoms with Crippen LogP contribution in [0, 0.1) is 0 Å². The van der Waals surface area contributed by atoms with Crippen LogP contribution in [0.1, 0.15) is 0 Å². The number of thiol groups is 1. The van der Waals surface area contributed by atoms with E-state index in [1.54, 1.807) is 0 Å². The Morgan fingerprint density at radius 2 is 1.73 bits per heavy atom. The van der Waals surface area contributed by atoms with Crippen molar-refractivity contribution >= 4 is 53.4 Å². The van der Waals surface area contributed by atoms with Crippen LogP contribution in [-0.2, 0) is 9.59 Å². The average molecular weight is 266 g/mol. The quantitative estimate of drug-likeness (QED) is 0.539. The lowest BCUT2D eigenvalue weighted by atomic mass is 10.3. The molecule has 0 saturated heterocycles. The first-order valence-corrected chi connectivity index (χ1v) is 4.84. The topological polar surface area (TPSA) is 66.4 Å². The molecule has 0 unspecified atom stereocenters. The van der Waals surface area contributed by atoms with E-state index in [2.05, 4.69) is 17.9 Å². The van der Waals surface area contributed by atoms with E-state index in [1.807, 2.05) is 0 Å². The molecule has 4 nitrogen and oxygen atoms in total. The lowest BCUT2D eigenvalue weighted by Gasteiger charge is -2.05. The van der Waals surface area contributed by atoms with Crippen LogP contribution >= 0.6 is 35.8 Å². The molecule has 0 bridgehead atoms. The molecule has 1 rings (SSSR count). The number of aliphatic carboxylic acids is 1. The van der Waals surface area contributed by atoms with Gasteiger partial charge in [0.25, 0.3) is 0 Å². The summed E-state index contributed by atoms with van der Waals surface area (Å²) in [6, 6.07) is 2.72. The molecule has 7 heteroatoms. The average Bonchev–Trinajstić information content (AvgIpc) is 2.13. The Morgan fingerprint density at radius 1 is 1.27 bits per heavy atom. The number of nitrogens with one attached hydrogen (secondary N) is 1. The minimum atomic E-state index is -1.59. The number of benzene rings is 1. The molecular weight excluding hydrogens is 261 g/mol. The van der Waals surface area contributed by atoms with Crippen molar-refractivity contribution in [3.8, 4) is 0 Å². The van der Waals surface area contributed by atoms with Crippen molar-refractivity contribution in [2.75, 3.05) is 5.32 Å². The zero-order valence-corrected chi connectivity index (χ0v) is 9.53. The molecule has 80 valence electrons. The molecule has 0 radical (unpaired) electrons. The fourth-order valence-corrected chi connectivity index (χ4v) is 1.44. The van der Waals surface area contributed by atoms with Crippen LogP contribution in [0.25, 0.3) is 0 Å². The molecule has 0 spiro atoms. The molecule has 1 aromatic rings. The second-order valence-corrected chi connectivity index (χ2v) is 3.81. The third kappa shape index (κ3) is 3.02. The molecule has 1 aromatic carbocycles. The Hall–Kier alpha value is -0.910. The Kier molecular flexibility index (Phi) is 3.84. The lowest BCUT2D eigenvalue weighted by molar-refractivity contribution is -0.147. The van der Waals surface area contributed by atoms with E-state index in [9.17, 15) is 9.59 Å². The summed E-state index contributed by atoms with van der Waals surface area (Å²) in [5, 5.41) is 10.9. The van der Waals surface area contributed by atoms with Gasteiger partial charge in [-0.05, 0) is 12.1 Å². The first-order chi connectivity index (χ1) is 6.91. The molecular formula is C8H5Cl2NO3S. The summed E-state index contributed by atoms with van der Waals surface area (Å²) in [6.07, 6.45) is 0. The van der Waals surface area contributed by atoms with E-state index in [-0.39, 0.29) is 15.7 Å². The largest absolute Gasteiger partial charge is 0.474 e. The Bertz CT molecular complexity index is 413. The van der Waals surface area contributed by atoms with Gasteiger partial charge < -0.3 is 10.4 Å². The van der Waals surface area contributed by atoms with Crippen LogP contribution in [0.4, 0.5) is 5.69 Å². The number of carbonyl (C=O) groups excluding carboxylic acids is 1. The predicted molar refractivity (Wildman–Crippen MR) is 60.0 cm³/mol. The molecule has 0 heterocycles. The van der Waals surface area contributed by atoms with E-state index < -0.39 is 11.9 Å². The molecule has 0 aromatic heterocycles. The van der Waals surface area contributed by atoms with Crippen LogP contribution < -0.4 is 5.32 Å². The van der Waals surface area contributed by atoms with Crippen molar-refractivity contribution in [3.05, 3.63) is 22.2 Å². The summed E-state index contributed by atoms with van der Waals surface area (Å²) in [6.45, 7) is 0. The van der Waals surface area contributed by atoms with Crippen molar-refractivity contribution < 1.29 is 14.7 Å². The summed E-state index contributed by atoms with van der Waals surface area (Å²) in [4.78, 5) is 21.4. The van der Waals surface area contributed by atoms with Crippen LogP contribution in [0.2, 0.25) is 10.0 Å². The maximum absolute atomic E-state index is 10.8. The number of carboxylic acid groups (broad SMARTS) is 1. The third-order valence-electron chi connectivity index (χ3n) is 1.47. The molecule has 15 heavy (non-hydrogen) atoms. The molecule has 0 fully saturated rings. The lowest BCUT2D eigenvalue weighted by Crippen LogP contribution is -2.21. The van der Waals surface area contributed by atoms with Crippen molar-refractivity contribution in [2.45, 2.75) is 4.90 Å². The van der Waals surface area contributed by atoms with Gasteiger partial charge in [0, 0.05) is 10.6 Å². The van der Waals surface area contributed by atoms with E-state index in [0.717, 1.165) is 0 Å². The molecule has 1 amide bonds. The summed E-state index contributed by atoms with van der Waals surface area (Å²) < 4.78 is 0. The number of carboxylic acids is 1. The van der Waals surface area contributed by atoms with Gasteiger partial charge in [0.05, 0.1) is 10.0 Å². The van der Waals surface area contributed by atoms with E-state index in [0.29, 0.717) is 4.90 Å². The Morgan fingerprint density at radius 3 is 2.13 bits per heavy atom. The number of carbonyl (C=O) groups is 2. The van der Waals surface area contributed by atoms with Crippen LogP contribution in [0.5, 0.6) is 0 Å². The molecule has 0 aliphatic rings. The van der Waals surface area contributed by atoms with Crippen molar-refractivity contribution in [1.82, 2.24) is 0 Å². The normalized spacial score (nSPS) is 9.80. The van der Waals surface area contributed by atoms with Gasteiger partial charge in [-0.25, -0.2) is 4.79 Å². The van der Waals surface area contributed by atoms with Gasteiger partial charge >= 0.3 is 11.9 Å². The highest BCUT2D eigenvalue weighted by Gasteiger charge is 2.12. The third-order valence-corrected chi connectivity index (χ3v) is 2.81. The van der Waals surface area contributed by atoms with Crippen LogP contribution in [-0.4, -0.2) is 17.0 Å². The van der Waals surface area contributed by atoms with Gasteiger partial charge in [-0.1, -0.05) is 23.2 Å². The van der Waals surface area contributed by atoms with Gasteiger partial charge in [0.1, 0.15) is 0 Å². The van der Waals surface area contributed by atoms with Crippen molar-refractivity contribution in [3.63, 3.8) is 0 Å². The maximum Gasteiger partial charge on any atom is 0.394 e. The van der Waals surface area contributed by atoms with E-state index in [1.165, 1.54) is 12.1 Å². The minimum absolute atomic E-state index is 0.204. The summed E-state index contributed by atoms with van der Waals surface area (Å²) in [7, 11) is 0. The highest BCUT2D eigenvalue weighted by Crippen LogP contribution is 2.31. The Balaban J connectivity index is 2.98. The van der Waals surface area contributed by atoms with Gasteiger partial charge in [-0.3, -0.25) is 4.79 Å². The SMILES string of the molecule is O=C(O)C(=O)Nc1cc(Cl)c(S)c(Cl)c1. The number of anilines is 1. The van der Waals surface area contributed by atoms with Crippen LogP contribution in [0.3, 0.4) is 0 Å². The van der Waals surface area contributed by atoms with E-state index >= 15 is 0 Å². The second-order valence-electron chi connectivity index (χ2n) is 2.55. The zero-order chi connectivity index (χ0) is 11.6. The summed E-state index contributed by atoms with van der Waals surface area (Å²) in [5.41, 5.74) is 0.204. The standard InChI is InChI=1S/C8H5Cl2NO3S/c9-4-1-3(2-5(10)6(4)15)11-7(12)8(13)14/h1-2,15H,(H,11,12)(H,13,14). The van der Waals surface area contributed by atoms with Gasteiger partial charge in [-0.2, -0.15) is 0 Å². The number of hydrogen-bond donors (Lipinski definition) is 3. The monoisotopic (exact) mass is 265 g/mol. The summed E-state index contributed by atoms with van der Waals surface area (Å²) in [5.74, 6) is -2.74. The number of halogens is 2. The van der Waals surface area contributed by atoms with Crippen LogP contribution in [0.15, 0.2) is 17.0 Å². The number of amides is 1. The first-order valence-electron chi connectivity index (χ1n) is 3.64. The number of hydrogen-bond acceptors (Lipinski definition) is 3. The van der Waals surface area contributed by atoms with Crippen molar-refractivity contribution in [2.24, 2.45) is 0 Å². The highest BCUT2D eigenvalue weighted by molar-refractivity contribution is 7.80. The van der Waals surface area contributed by atoms with Gasteiger partial charge in [0.2, 0.25) is 0 Å². The first kappa shape index (κ1) is 12.2. The molecule has 0 aliphatic heterocycles. The fraction of sp³-hybridized carbons (Fsp3) is 0. The zero-order valence-electron chi connectivity index (χ0n) is 7.12. The Labute approximate surface area is 101 Å². The van der Waals surface area contributed by atoms with Crippen molar-refractivity contribution in [1.29, 1.82) is 0 Å². The van der Waals surface area contributed by atoms with Gasteiger partial charge in [-0.15, -0.1) is 12.6 Å². The highest BCUT2D eigenvalue weighted by atomic mass is 35.5. The van der Waals surface area contributed by atoms with Gasteiger partial charge in [0.15, 0.2) is 0 Å². The smallest absolute Gasteiger partial charge is 0.394 e.